The SMILES string of the molecule is Cc1ccc(S(=O)(=O)N2CCN(C(=O)c3cc4ccccc4cc3O)CC2)s1. The zero-order valence-electron chi connectivity index (χ0n) is 15.3. The van der Waals surface area contributed by atoms with E-state index in [9.17, 15) is 18.3 Å². The predicted molar refractivity (Wildman–Crippen MR) is 109 cm³/mol. The number of phenolic OH excluding ortho intramolecular Hbond substituents is 1. The van der Waals surface area contributed by atoms with Crippen LogP contribution in [0, 0.1) is 6.92 Å². The van der Waals surface area contributed by atoms with Crippen LogP contribution in [0.4, 0.5) is 0 Å². The van der Waals surface area contributed by atoms with E-state index in [1.165, 1.54) is 15.6 Å². The van der Waals surface area contributed by atoms with Gasteiger partial charge in [0.15, 0.2) is 0 Å². The molecule has 2 heterocycles. The largest absolute Gasteiger partial charge is 0.507 e. The summed E-state index contributed by atoms with van der Waals surface area (Å²) in [6.45, 7) is 2.92. The third kappa shape index (κ3) is 3.39. The lowest BCUT2D eigenvalue weighted by Crippen LogP contribution is -2.50. The Morgan fingerprint density at radius 1 is 1.00 bits per heavy atom. The second kappa shape index (κ2) is 7.20. The predicted octanol–water partition coefficient (Wildman–Crippen LogP) is 3.06. The number of benzene rings is 2. The Morgan fingerprint density at radius 3 is 2.25 bits per heavy atom. The van der Waals surface area contributed by atoms with Gasteiger partial charge in [-0.25, -0.2) is 8.42 Å². The lowest BCUT2D eigenvalue weighted by Gasteiger charge is -2.33. The van der Waals surface area contributed by atoms with Crippen molar-refractivity contribution in [1.29, 1.82) is 0 Å². The van der Waals surface area contributed by atoms with Gasteiger partial charge in [-0.2, -0.15) is 4.31 Å². The van der Waals surface area contributed by atoms with E-state index in [0.29, 0.717) is 4.21 Å². The first kappa shape index (κ1) is 18.9. The molecule has 0 unspecified atom stereocenters. The fourth-order valence-corrected chi connectivity index (χ4v) is 6.24. The molecule has 0 bridgehead atoms. The molecule has 0 aliphatic carbocycles. The number of fused-ring (bicyclic) bond motifs is 1. The standard InChI is InChI=1S/C20H20N2O4S2/c1-14-6-7-19(27-14)28(25,26)22-10-8-21(9-11-22)20(24)17-12-15-4-2-3-5-16(15)13-18(17)23/h2-7,12-13,23H,8-11H2,1H3. The van der Waals surface area contributed by atoms with E-state index >= 15 is 0 Å². The molecule has 0 saturated carbocycles. The summed E-state index contributed by atoms with van der Waals surface area (Å²) in [6, 6.07) is 14.2. The Balaban J connectivity index is 1.51. The number of carbonyl (C=O) groups is 1. The maximum absolute atomic E-state index is 12.9. The van der Waals surface area contributed by atoms with Crippen LogP contribution in [0.5, 0.6) is 5.75 Å². The number of piperazine rings is 1. The van der Waals surface area contributed by atoms with Crippen molar-refractivity contribution in [2.75, 3.05) is 26.2 Å². The highest BCUT2D eigenvalue weighted by Gasteiger charge is 2.31. The van der Waals surface area contributed by atoms with Crippen LogP contribution < -0.4 is 0 Å². The summed E-state index contributed by atoms with van der Waals surface area (Å²) in [5, 5.41) is 12.0. The van der Waals surface area contributed by atoms with Gasteiger partial charge in [-0.15, -0.1) is 11.3 Å². The van der Waals surface area contributed by atoms with Gasteiger partial charge >= 0.3 is 0 Å². The molecule has 3 aromatic rings. The second-order valence-corrected chi connectivity index (χ2v) is 10.2. The van der Waals surface area contributed by atoms with Gasteiger partial charge in [0.05, 0.1) is 5.56 Å². The van der Waals surface area contributed by atoms with Gasteiger partial charge in [-0.3, -0.25) is 4.79 Å². The monoisotopic (exact) mass is 416 g/mol. The molecule has 1 N–H and O–H groups in total. The number of aryl methyl sites for hydroxylation is 1. The van der Waals surface area contributed by atoms with E-state index < -0.39 is 10.0 Å². The molecule has 8 heteroatoms. The van der Waals surface area contributed by atoms with Crippen LogP contribution in [0.15, 0.2) is 52.7 Å². The summed E-state index contributed by atoms with van der Waals surface area (Å²) >= 11 is 1.25. The first-order valence-corrected chi connectivity index (χ1v) is 11.2. The molecular formula is C20H20N2O4S2. The Bertz CT molecular complexity index is 1150. The van der Waals surface area contributed by atoms with Crippen molar-refractivity contribution in [2.45, 2.75) is 11.1 Å². The zero-order chi connectivity index (χ0) is 19.9. The first-order valence-electron chi connectivity index (χ1n) is 8.94. The Kier molecular flexibility index (Phi) is 4.86. The highest BCUT2D eigenvalue weighted by molar-refractivity contribution is 7.91. The van der Waals surface area contributed by atoms with Crippen LogP contribution in [0.1, 0.15) is 15.2 Å². The summed E-state index contributed by atoms with van der Waals surface area (Å²) in [5.41, 5.74) is 0.240. The fraction of sp³-hybridized carbons (Fsp3) is 0.250. The average molecular weight is 417 g/mol. The van der Waals surface area contributed by atoms with Gasteiger partial charge in [0.1, 0.15) is 9.96 Å². The Morgan fingerprint density at radius 2 is 1.64 bits per heavy atom. The van der Waals surface area contributed by atoms with E-state index in [1.807, 2.05) is 31.2 Å². The molecular weight excluding hydrogens is 396 g/mol. The van der Waals surface area contributed by atoms with Crippen molar-refractivity contribution in [3.05, 3.63) is 59.0 Å². The molecule has 0 radical (unpaired) electrons. The lowest BCUT2D eigenvalue weighted by molar-refractivity contribution is 0.0695. The van der Waals surface area contributed by atoms with Gasteiger partial charge in [-0.1, -0.05) is 24.3 Å². The number of amides is 1. The van der Waals surface area contributed by atoms with Gasteiger partial charge in [0.25, 0.3) is 15.9 Å². The maximum atomic E-state index is 12.9. The summed E-state index contributed by atoms with van der Waals surface area (Å²) in [7, 11) is -3.53. The third-order valence-electron chi connectivity index (χ3n) is 4.93. The van der Waals surface area contributed by atoms with Crippen LogP contribution in [-0.2, 0) is 10.0 Å². The van der Waals surface area contributed by atoms with Crippen LogP contribution >= 0.6 is 11.3 Å². The quantitative estimate of drug-likeness (QED) is 0.712. The van der Waals surface area contributed by atoms with Crippen molar-refractivity contribution in [1.82, 2.24) is 9.21 Å². The molecule has 0 spiro atoms. The number of aromatic hydroxyl groups is 1. The van der Waals surface area contributed by atoms with E-state index in [4.69, 9.17) is 0 Å². The van der Waals surface area contributed by atoms with Crippen LogP contribution in [-0.4, -0.2) is 54.8 Å². The molecule has 2 aromatic carbocycles. The highest BCUT2D eigenvalue weighted by Crippen LogP contribution is 2.28. The number of phenols is 1. The van der Waals surface area contributed by atoms with Crippen molar-refractivity contribution < 1.29 is 18.3 Å². The fourth-order valence-electron chi connectivity index (χ4n) is 3.38. The Hall–Kier alpha value is -2.42. The summed E-state index contributed by atoms with van der Waals surface area (Å²) in [4.78, 5) is 15.4. The van der Waals surface area contributed by atoms with Crippen molar-refractivity contribution in [3.8, 4) is 5.75 Å². The van der Waals surface area contributed by atoms with E-state index in [1.54, 1.807) is 29.2 Å². The topological polar surface area (TPSA) is 77.9 Å². The van der Waals surface area contributed by atoms with Crippen LogP contribution in [0.3, 0.4) is 0 Å². The van der Waals surface area contributed by atoms with Gasteiger partial charge in [0, 0.05) is 31.1 Å². The summed E-state index contributed by atoms with van der Waals surface area (Å²) in [5.74, 6) is -0.347. The van der Waals surface area contributed by atoms with Crippen LogP contribution in [0.25, 0.3) is 10.8 Å². The number of carbonyl (C=O) groups excluding carboxylic acids is 1. The molecule has 6 nitrogen and oxygen atoms in total. The summed E-state index contributed by atoms with van der Waals surface area (Å²) in [6.07, 6.45) is 0. The number of nitrogens with zero attached hydrogens (tertiary/aromatic N) is 2. The molecule has 0 atom stereocenters. The minimum absolute atomic E-state index is 0.0622. The number of hydrogen-bond donors (Lipinski definition) is 1. The third-order valence-corrected chi connectivity index (χ3v) is 8.30. The normalized spacial score (nSPS) is 15.8. The lowest BCUT2D eigenvalue weighted by atomic mass is 10.0. The molecule has 1 aromatic heterocycles. The van der Waals surface area contributed by atoms with Crippen LogP contribution in [0.2, 0.25) is 0 Å². The number of thiophene rings is 1. The zero-order valence-corrected chi connectivity index (χ0v) is 17.0. The highest BCUT2D eigenvalue weighted by atomic mass is 32.2. The molecule has 28 heavy (non-hydrogen) atoms. The van der Waals surface area contributed by atoms with Crippen molar-refractivity contribution >= 4 is 38.0 Å². The molecule has 1 saturated heterocycles. The molecule has 146 valence electrons. The number of sulfonamides is 1. The number of rotatable bonds is 3. The summed E-state index contributed by atoms with van der Waals surface area (Å²) < 4.78 is 27.2. The van der Waals surface area contributed by atoms with Gasteiger partial charge in [-0.05, 0) is 42.0 Å². The van der Waals surface area contributed by atoms with Gasteiger partial charge < -0.3 is 10.0 Å². The second-order valence-electron chi connectivity index (χ2n) is 6.78. The number of hydrogen-bond acceptors (Lipinski definition) is 5. The minimum Gasteiger partial charge on any atom is -0.507 e. The van der Waals surface area contributed by atoms with E-state index in [0.717, 1.165) is 15.6 Å². The Labute approximate surface area is 167 Å². The smallest absolute Gasteiger partial charge is 0.257 e. The maximum Gasteiger partial charge on any atom is 0.257 e. The van der Waals surface area contributed by atoms with E-state index in [2.05, 4.69) is 0 Å². The molecule has 1 fully saturated rings. The van der Waals surface area contributed by atoms with E-state index in [-0.39, 0.29) is 43.4 Å². The molecule has 1 amide bonds. The average Bonchev–Trinajstić information content (AvgIpc) is 3.14. The first-order chi connectivity index (χ1) is 13.4. The molecule has 4 rings (SSSR count). The van der Waals surface area contributed by atoms with Crippen molar-refractivity contribution in [2.24, 2.45) is 0 Å². The molecule has 1 aliphatic rings. The molecule has 1 aliphatic heterocycles. The van der Waals surface area contributed by atoms with Gasteiger partial charge in [0.2, 0.25) is 0 Å². The van der Waals surface area contributed by atoms with Crippen molar-refractivity contribution in [3.63, 3.8) is 0 Å². The minimum atomic E-state index is -3.53.